The summed E-state index contributed by atoms with van der Waals surface area (Å²) in [5, 5.41) is 9.18. The normalized spacial score (nSPS) is 20.4. The first-order chi connectivity index (χ1) is 8.72. The number of pyridine rings is 1. The van der Waals surface area contributed by atoms with Crippen LogP contribution in [0.2, 0.25) is 5.02 Å². The molecule has 0 amide bonds. The van der Waals surface area contributed by atoms with Crippen molar-refractivity contribution in [1.29, 1.82) is 5.26 Å². The Balaban J connectivity index is 2.00. The van der Waals surface area contributed by atoms with E-state index in [1.807, 2.05) is 6.07 Å². The van der Waals surface area contributed by atoms with Gasteiger partial charge in [-0.25, -0.2) is 4.98 Å². The molecule has 0 N–H and O–H groups in total. The van der Waals surface area contributed by atoms with Crippen LogP contribution in [-0.4, -0.2) is 36.1 Å². The van der Waals surface area contributed by atoms with Crippen molar-refractivity contribution in [3.05, 3.63) is 22.8 Å². The van der Waals surface area contributed by atoms with Gasteiger partial charge in [-0.1, -0.05) is 18.0 Å². The highest BCUT2D eigenvalue weighted by molar-refractivity contribution is 6.32. The molecule has 18 heavy (non-hydrogen) atoms. The van der Waals surface area contributed by atoms with Crippen molar-refractivity contribution in [1.82, 2.24) is 9.88 Å². The van der Waals surface area contributed by atoms with Crippen LogP contribution in [0.1, 0.15) is 24.8 Å². The Morgan fingerprint density at radius 2 is 2.44 bits per heavy atom. The zero-order valence-electron chi connectivity index (χ0n) is 10.4. The van der Waals surface area contributed by atoms with Crippen LogP contribution in [0.15, 0.2) is 12.3 Å². The molecule has 2 rings (SSSR count). The molecule has 96 valence electrons. The molecule has 1 atom stereocenters. The van der Waals surface area contributed by atoms with Gasteiger partial charge < -0.3 is 9.64 Å². The molecule has 1 aliphatic heterocycles. The van der Waals surface area contributed by atoms with E-state index in [2.05, 4.69) is 16.9 Å². The summed E-state index contributed by atoms with van der Waals surface area (Å²) >= 11 is 6.04. The number of ether oxygens (including phenoxy) is 1. The molecule has 0 radical (unpaired) electrons. The standard InChI is InChI=1S/C13H16ClN3O/c1-17-7-3-2-4-11(17)9-18-13-12(14)10(8-15)5-6-16-13/h5-6,11H,2-4,7,9H2,1H3. The van der Waals surface area contributed by atoms with Crippen LogP contribution in [0.25, 0.3) is 0 Å². The summed E-state index contributed by atoms with van der Waals surface area (Å²) in [5.74, 6) is 0.356. The Bertz CT molecular complexity index is 458. The van der Waals surface area contributed by atoms with Gasteiger partial charge in [0.05, 0.1) is 5.56 Å². The number of likely N-dealkylation sites (N-methyl/N-ethyl adjacent to an activating group) is 1. The minimum atomic E-state index is 0.304. The molecular formula is C13H16ClN3O. The number of rotatable bonds is 3. The zero-order valence-corrected chi connectivity index (χ0v) is 11.2. The molecular weight excluding hydrogens is 250 g/mol. The van der Waals surface area contributed by atoms with Gasteiger partial charge >= 0.3 is 0 Å². The first-order valence-electron chi connectivity index (χ1n) is 6.10. The monoisotopic (exact) mass is 265 g/mol. The molecule has 0 saturated carbocycles. The molecule has 1 unspecified atom stereocenters. The van der Waals surface area contributed by atoms with Crippen LogP contribution < -0.4 is 4.74 Å². The summed E-state index contributed by atoms with van der Waals surface area (Å²) in [4.78, 5) is 6.37. The van der Waals surface area contributed by atoms with Crippen LogP contribution in [0.5, 0.6) is 5.88 Å². The molecule has 0 aliphatic carbocycles. The maximum absolute atomic E-state index is 8.88. The maximum Gasteiger partial charge on any atom is 0.233 e. The van der Waals surface area contributed by atoms with Crippen LogP contribution >= 0.6 is 11.6 Å². The van der Waals surface area contributed by atoms with Gasteiger partial charge in [0, 0.05) is 12.2 Å². The highest BCUT2D eigenvalue weighted by atomic mass is 35.5. The van der Waals surface area contributed by atoms with Crippen LogP contribution in [-0.2, 0) is 0 Å². The smallest absolute Gasteiger partial charge is 0.233 e. The van der Waals surface area contributed by atoms with E-state index in [1.165, 1.54) is 12.8 Å². The summed E-state index contributed by atoms with van der Waals surface area (Å²) in [6.45, 7) is 1.67. The Hall–Kier alpha value is -1.31. The number of aromatic nitrogens is 1. The lowest BCUT2D eigenvalue weighted by atomic mass is 10.0. The van der Waals surface area contributed by atoms with Crippen molar-refractivity contribution < 1.29 is 4.74 Å². The fourth-order valence-electron chi connectivity index (χ4n) is 2.14. The highest BCUT2D eigenvalue weighted by Crippen LogP contribution is 2.25. The second kappa shape index (κ2) is 6.03. The SMILES string of the molecule is CN1CCCCC1COc1nccc(C#N)c1Cl. The lowest BCUT2D eigenvalue weighted by Gasteiger charge is -2.32. The summed E-state index contributed by atoms with van der Waals surface area (Å²) in [5.41, 5.74) is 0.402. The molecule has 1 aliphatic rings. The minimum Gasteiger partial charge on any atom is -0.475 e. The van der Waals surface area contributed by atoms with Crippen molar-refractivity contribution in [2.45, 2.75) is 25.3 Å². The molecule has 1 fully saturated rings. The van der Waals surface area contributed by atoms with E-state index in [1.54, 1.807) is 12.3 Å². The van der Waals surface area contributed by atoms with Crippen LogP contribution in [0.3, 0.4) is 0 Å². The predicted molar refractivity (Wildman–Crippen MR) is 69.7 cm³/mol. The number of likely N-dealkylation sites (tertiary alicyclic amines) is 1. The van der Waals surface area contributed by atoms with Crippen molar-refractivity contribution >= 4 is 11.6 Å². The fraction of sp³-hybridized carbons (Fsp3) is 0.538. The number of hydrogen-bond donors (Lipinski definition) is 0. The summed E-state index contributed by atoms with van der Waals surface area (Å²) in [6, 6.07) is 4.01. The van der Waals surface area contributed by atoms with E-state index in [-0.39, 0.29) is 0 Å². The van der Waals surface area contributed by atoms with Gasteiger partial charge in [0.2, 0.25) is 5.88 Å². The first-order valence-corrected chi connectivity index (χ1v) is 6.48. The van der Waals surface area contributed by atoms with E-state index >= 15 is 0 Å². The van der Waals surface area contributed by atoms with E-state index in [4.69, 9.17) is 21.6 Å². The maximum atomic E-state index is 8.88. The highest BCUT2D eigenvalue weighted by Gasteiger charge is 2.20. The number of hydrogen-bond acceptors (Lipinski definition) is 4. The zero-order chi connectivity index (χ0) is 13.0. The molecule has 0 aromatic carbocycles. The first kappa shape index (κ1) is 13.1. The molecule has 2 heterocycles. The molecule has 1 aromatic rings. The summed E-state index contributed by atoms with van der Waals surface area (Å²) in [6.07, 6.45) is 5.16. The fourth-order valence-corrected chi connectivity index (χ4v) is 2.35. The van der Waals surface area contributed by atoms with Gasteiger partial charge in [0.1, 0.15) is 17.7 Å². The molecule has 4 nitrogen and oxygen atoms in total. The second-order valence-corrected chi connectivity index (χ2v) is 4.91. The molecule has 0 bridgehead atoms. The van der Waals surface area contributed by atoms with E-state index in [0.717, 1.165) is 13.0 Å². The van der Waals surface area contributed by atoms with Gasteiger partial charge in [-0.3, -0.25) is 0 Å². The summed E-state index contributed by atoms with van der Waals surface area (Å²) < 4.78 is 5.65. The third-order valence-corrected chi connectivity index (χ3v) is 3.68. The van der Waals surface area contributed by atoms with Gasteiger partial charge in [0.25, 0.3) is 0 Å². The van der Waals surface area contributed by atoms with Crippen molar-refractivity contribution in [3.8, 4) is 11.9 Å². The Morgan fingerprint density at radius 3 is 3.17 bits per heavy atom. The largest absolute Gasteiger partial charge is 0.475 e. The van der Waals surface area contributed by atoms with E-state index < -0.39 is 0 Å². The van der Waals surface area contributed by atoms with Crippen LogP contribution in [0.4, 0.5) is 0 Å². The molecule has 5 heteroatoms. The predicted octanol–water partition coefficient (Wildman–Crippen LogP) is 2.47. The van der Waals surface area contributed by atoms with E-state index in [0.29, 0.717) is 29.1 Å². The molecule has 1 aromatic heterocycles. The van der Waals surface area contributed by atoms with Gasteiger partial charge in [-0.2, -0.15) is 5.26 Å². The number of nitrogens with zero attached hydrogens (tertiary/aromatic N) is 3. The molecule has 0 spiro atoms. The Labute approximate surface area is 112 Å². The quantitative estimate of drug-likeness (QED) is 0.842. The topological polar surface area (TPSA) is 49.1 Å². The lowest BCUT2D eigenvalue weighted by Crippen LogP contribution is -2.40. The van der Waals surface area contributed by atoms with Gasteiger partial charge in [-0.15, -0.1) is 0 Å². The average molecular weight is 266 g/mol. The van der Waals surface area contributed by atoms with Crippen molar-refractivity contribution in [2.24, 2.45) is 0 Å². The number of nitriles is 1. The minimum absolute atomic E-state index is 0.304. The van der Waals surface area contributed by atoms with E-state index in [9.17, 15) is 0 Å². The van der Waals surface area contributed by atoms with Crippen LogP contribution in [0, 0.1) is 11.3 Å². The average Bonchev–Trinajstić information content (AvgIpc) is 2.39. The second-order valence-electron chi connectivity index (χ2n) is 4.53. The third-order valence-electron chi connectivity index (χ3n) is 3.31. The third kappa shape index (κ3) is 2.92. The van der Waals surface area contributed by atoms with Crippen molar-refractivity contribution in [3.63, 3.8) is 0 Å². The Morgan fingerprint density at radius 1 is 1.61 bits per heavy atom. The van der Waals surface area contributed by atoms with Gasteiger partial charge in [-0.05, 0) is 32.5 Å². The van der Waals surface area contributed by atoms with Gasteiger partial charge in [0.15, 0.2) is 0 Å². The Kier molecular flexibility index (Phi) is 4.40. The number of piperidine rings is 1. The van der Waals surface area contributed by atoms with Crippen molar-refractivity contribution in [2.75, 3.05) is 20.2 Å². The molecule has 1 saturated heterocycles. The summed E-state index contributed by atoms with van der Waals surface area (Å²) in [7, 11) is 2.11. The lowest BCUT2D eigenvalue weighted by molar-refractivity contribution is 0.122. The number of halogens is 1.